The van der Waals surface area contributed by atoms with Crippen molar-refractivity contribution in [1.29, 1.82) is 0 Å². The average Bonchev–Trinajstić information content (AvgIpc) is 3.06. The molecule has 0 aromatic heterocycles. The Morgan fingerprint density at radius 2 is 1.84 bits per heavy atom. The van der Waals surface area contributed by atoms with Gasteiger partial charge >= 0.3 is 5.97 Å². The van der Waals surface area contributed by atoms with Crippen LogP contribution in [0.4, 0.5) is 5.69 Å². The molecule has 1 aliphatic rings. The zero-order chi connectivity index (χ0) is 22.1. The monoisotopic (exact) mass is 415 g/mol. The molecule has 0 spiro atoms. The van der Waals surface area contributed by atoms with E-state index < -0.39 is 10.9 Å². The number of carbonyl (C=O) groups is 2. The Bertz CT molecular complexity index is 1270. The van der Waals surface area contributed by atoms with E-state index in [0.717, 1.165) is 5.56 Å². The fourth-order valence-corrected chi connectivity index (χ4v) is 3.31. The van der Waals surface area contributed by atoms with Crippen LogP contribution < -0.4 is 9.47 Å². The summed E-state index contributed by atoms with van der Waals surface area (Å²) < 4.78 is 11.3. The van der Waals surface area contributed by atoms with E-state index in [4.69, 9.17) is 9.47 Å². The second kappa shape index (κ2) is 7.87. The van der Waals surface area contributed by atoms with Crippen molar-refractivity contribution in [2.24, 2.45) is 0 Å². The Labute approximate surface area is 177 Å². The van der Waals surface area contributed by atoms with Gasteiger partial charge in [-0.15, -0.1) is 0 Å². The number of rotatable bonds is 4. The van der Waals surface area contributed by atoms with E-state index in [1.54, 1.807) is 37.3 Å². The number of esters is 1. The van der Waals surface area contributed by atoms with Crippen molar-refractivity contribution in [2.45, 2.75) is 13.8 Å². The molecule has 0 saturated heterocycles. The van der Waals surface area contributed by atoms with Gasteiger partial charge in [-0.3, -0.25) is 14.9 Å². The second-order valence-corrected chi connectivity index (χ2v) is 7.06. The summed E-state index contributed by atoms with van der Waals surface area (Å²) in [5.41, 5.74) is 2.47. The maximum absolute atomic E-state index is 12.7. The lowest BCUT2D eigenvalue weighted by Gasteiger charge is -2.11. The van der Waals surface area contributed by atoms with Crippen LogP contribution in [-0.4, -0.2) is 16.7 Å². The molecule has 0 fully saturated rings. The topological polar surface area (TPSA) is 95.7 Å². The Morgan fingerprint density at radius 1 is 1.06 bits per heavy atom. The summed E-state index contributed by atoms with van der Waals surface area (Å²) in [4.78, 5) is 35.8. The van der Waals surface area contributed by atoms with E-state index in [-0.39, 0.29) is 23.0 Å². The van der Waals surface area contributed by atoms with E-state index in [9.17, 15) is 19.7 Å². The molecule has 0 N–H and O–H groups in total. The van der Waals surface area contributed by atoms with Gasteiger partial charge in [-0.05, 0) is 49.2 Å². The van der Waals surface area contributed by atoms with Gasteiger partial charge in [-0.2, -0.15) is 0 Å². The first-order valence-corrected chi connectivity index (χ1v) is 9.45. The average molecular weight is 415 g/mol. The molecule has 0 unspecified atom stereocenters. The predicted octanol–water partition coefficient (Wildman–Crippen LogP) is 5.05. The molecule has 1 heterocycles. The molecule has 0 saturated carbocycles. The molecule has 0 radical (unpaired) electrons. The van der Waals surface area contributed by atoms with Gasteiger partial charge < -0.3 is 9.47 Å². The molecule has 7 heteroatoms. The number of hydrogen-bond acceptors (Lipinski definition) is 6. The van der Waals surface area contributed by atoms with Gasteiger partial charge in [0.2, 0.25) is 5.78 Å². The number of nitro groups is 1. The predicted molar refractivity (Wildman–Crippen MR) is 113 cm³/mol. The number of ether oxygens (including phenoxy) is 2. The van der Waals surface area contributed by atoms with Crippen LogP contribution in [0.1, 0.15) is 37.4 Å². The summed E-state index contributed by atoms with van der Waals surface area (Å²) in [6.07, 6.45) is 1.45. The number of allylic oxidation sites excluding steroid dienone is 1. The van der Waals surface area contributed by atoms with Gasteiger partial charge in [-0.1, -0.05) is 30.3 Å². The number of Topliss-reactive ketones (excluding diaryl/α,β-unsaturated/α-hetero) is 1. The van der Waals surface area contributed by atoms with E-state index in [1.807, 2.05) is 19.1 Å². The standard InChI is InChI=1S/C24H17NO6/c1-14-6-3-4-9-18(14)24(27)31-20-11-10-19-22(26)21(30-23(19)15(20)2)13-16-7-5-8-17(12-16)25(28)29/h3-13H,1-2H3/b21-13-. The zero-order valence-electron chi connectivity index (χ0n) is 16.7. The fourth-order valence-electron chi connectivity index (χ4n) is 3.31. The van der Waals surface area contributed by atoms with E-state index in [1.165, 1.54) is 24.3 Å². The number of aryl methyl sites for hydroxylation is 1. The number of benzene rings is 3. The highest BCUT2D eigenvalue weighted by Gasteiger charge is 2.30. The number of fused-ring (bicyclic) bond motifs is 1. The lowest BCUT2D eigenvalue weighted by molar-refractivity contribution is -0.384. The lowest BCUT2D eigenvalue weighted by Crippen LogP contribution is -2.11. The van der Waals surface area contributed by atoms with Gasteiger partial charge in [0.1, 0.15) is 11.5 Å². The van der Waals surface area contributed by atoms with Crippen molar-refractivity contribution in [3.63, 3.8) is 0 Å². The minimum atomic E-state index is -0.507. The Balaban J connectivity index is 1.63. The number of non-ortho nitro benzene ring substituents is 1. The van der Waals surface area contributed by atoms with Crippen molar-refractivity contribution in [3.8, 4) is 11.5 Å². The highest BCUT2D eigenvalue weighted by atomic mass is 16.6. The maximum atomic E-state index is 12.7. The van der Waals surface area contributed by atoms with Crippen molar-refractivity contribution in [2.75, 3.05) is 0 Å². The van der Waals surface area contributed by atoms with Crippen LogP contribution >= 0.6 is 0 Å². The van der Waals surface area contributed by atoms with Gasteiger partial charge in [0.05, 0.1) is 16.1 Å². The highest BCUT2D eigenvalue weighted by molar-refractivity contribution is 6.15. The van der Waals surface area contributed by atoms with E-state index >= 15 is 0 Å². The molecule has 7 nitrogen and oxygen atoms in total. The summed E-state index contributed by atoms with van der Waals surface area (Å²) in [6.45, 7) is 3.52. The summed E-state index contributed by atoms with van der Waals surface area (Å²) in [6, 6.07) is 16.1. The quantitative estimate of drug-likeness (QED) is 0.195. The van der Waals surface area contributed by atoms with Crippen molar-refractivity contribution < 1.29 is 24.0 Å². The first kappa shape index (κ1) is 20.0. The van der Waals surface area contributed by atoms with Crippen LogP contribution in [0.15, 0.2) is 66.4 Å². The largest absolute Gasteiger partial charge is 0.452 e. The maximum Gasteiger partial charge on any atom is 0.343 e. The normalized spacial score (nSPS) is 13.6. The molecule has 31 heavy (non-hydrogen) atoms. The molecule has 0 amide bonds. The third kappa shape index (κ3) is 3.81. The molecule has 3 aromatic rings. The molecule has 154 valence electrons. The highest BCUT2D eigenvalue weighted by Crippen LogP contribution is 2.39. The zero-order valence-corrected chi connectivity index (χ0v) is 16.7. The van der Waals surface area contributed by atoms with Crippen LogP contribution in [0.2, 0.25) is 0 Å². The number of carbonyl (C=O) groups excluding carboxylic acids is 2. The van der Waals surface area contributed by atoms with Crippen LogP contribution in [0.5, 0.6) is 11.5 Å². The third-order valence-corrected chi connectivity index (χ3v) is 4.98. The molecule has 1 aliphatic heterocycles. The molecular weight excluding hydrogens is 398 g/mol. The summed E-state index contributed by atoms with van der Waals surface area (Å²) in [7, 11) is 0. The van der Waals surface area contributed by atoms with Crippen LogP contribution in [0.3, 0.4) is 0 Å². The smallest absolute Gasteiger partial charge is 0.343 e. The Morgan fingerprint density at radius 3 is 2.58 bits per heavy atom. The first-order chi connectivity index (χ1) is 14.8. The van der Waals surface area contributed by atoms with E-state index in [2.05, 4.69) is 0 Å². The fraction of sp³-hybridized carbons (Fsp3) is 0.0833. The SMILES string of the molecule is Cc1ccccc1C(=O)Oc1ccc2c(c1C)O/C(=C\c1cccc([N+](=O)[O-])c1)C2=O. The van der Waals surface area contributed by atoms with Gasteiger partial charge in [-0.25, -0.2) is 4.79 Å². The summed E-state index contributed by atoms with van der Waals surface area (Å²) >= 11 is 0. The van der Waals surface area contributed by atoms with Gasteiger partial charge in [0, 0.05) is 17.7 Å². The lowest BCUT2D eigenvalue weighted by atomic mass is 10.1. The number of nitrogens with zero attached hydrogens (tertiary/aromatic N) is 1. The minimum absolute atomic E-state index is 0.0426. The van der Waals surface area contributed by atoms with Crippen molar-refractivity contribution >= 4 is 23.5 Å². The molecule has 4 rings (SSSR count). The molecule has 0 atom stereocenters. The number of hydrogen-bond donors (Lipinski definition) is 0. The molecule has 3 aromatic carbocycles. The third-order valence-electron chi connectivity index (χ3n) is 4.98. The second-order valence-electron chi connectivity index (χ2n) is 7.06. The van der Waals surface area contributed by atoms with Crippen molar-refractivity contribution in [1.82, 2.24) is 0 Å². The van der Waals surface area contributed by atoms with Crippen LogP contribution in [0, 0.1) is 24.0 Å². The van der Waals surface area contributed by atoms with Gasteiger partial charge in [0.15, 0.2) is 5.76 Å². The van der Waals surface area contributed by atoms with Crippen LogP contribution in [-0.2, 0) is 0 Å². The van der Waals surface area contributed by atoms with Crippen LogP contribution in [0.25, 0.3) is 6.08 Å². The molecule has 0 aliphatic carbocycles. The Hall–Kier alpha value is -4.26. The first-order valence-electron chi connectivity index (χ1n) is 9.45. The van der Waals surface area contributed by atoms with E-state index in [0.29, 0.717) is 28.0 Å². The minimum Gasteiger partial charge on any atom is -0.452 e. The number of nitro benzene ring substituents is 1. The summed E-state index contributed by atoms with van der Waals surface area (Å²) in [5.74, 6) is -0.214. The van der Waals surface area contributed by atoms with Gasteiger partial charge in [0.25, 0.3) is 5.69 Å². The molecule has 0 bridgehead atoms. The Kier molecular flexibility index (Phi) is 5.09. The summed E-state index contributed by atoms with van der Waals surface area (Å²) in [5, 5.41) is 11.0. The molecular formula is C24H17NO6. The van der Waals surface area contributed by atoms with Crippen molar-refractivity contribution in [3.05, 3.63) is 104 Å². The number of ketones is 1.